The minimum absolute atomic E-state index is 0.0360. The molecule has 2 aliphatic heterocycles. The molecule has 1 spiro atoms. The van der Waals surface area contributed by atoms with Crippen LogP contribution in [0.5, 0.6) is 17.2 Å². The quantitative estimate of drug-likeness (QED) is 0.187. The molecule has 0 unspecified atom stereocenters. The molecule has 4 rings (SSSR count). The van der Waals surface area contributed by atoms with E-state index in [9.17, 15) is 4.79 Å². The molecule has 6 atom stereocenters. The smallest absolute Gasteiger partial charge is 0.331 e. The van der Waals surface area contributed by atoms with Gasteiger partial charge in [-0.1, -0.05) is 11.6 Å². The summed E-state index contributed by atoms with van der Waals surface area (Å²) in [7, 11) is 4.68. The zero-order valence-corrected chi connectivity index (χ0v) is 23.2. The Hall–Kier alpha value is -2.59. The minimum atomic E-state index is -0.468. The fourth-order valence-corrected chi connectivity index (χ4v) is 5.71. The number of ether oxygens (including phenoxy) is 7. The largest absolute Gasteiger partial charge is 0.493 e. The van der Waals surface area contributed by atoms with Crippen molar-refractivity contribution in [2.45, 2.75) is 69.5 Å². The number of allylic oxidation sites excluding steroid dienone is 1. The van der Waals surface area contributed by atoms with E-state index in [1.807, 2.05) is 0 Å². The lowest BCUT2D eigenvalue weighted by atomic mass is 9.68. The summed E-state index contributed by atoms with van der Waals surface area (Å²) in [6, 6.07) is 3.44. The van der Waals surface area contributed by atoms with E-state index >= 15 is 0 Å². The highest BCUT2D eigenvalue weighted by molar-refractivity contribution is 5.87. The first-order valence-corrected chi connectivity index (χ1v) is 13.1. The summed E-state index contributed by atoms with van der Waals surface area (Å²) in [5, 5.41) is 9.08. The van der Waals surface area contributed by atoms with Gasteiger partial charge in [0.05, 0.1) is 39.5 Å². The second-order valence-electron chi connectivity index (χ2n) is 10.5. The molecule has 1 N–H and O–H groups in total. The molecule has 3 aliphatic rings. The van der Waals surface area contributed by atoms with Crippen molar-refractivity contribution in [1.82, 2.24) is 0 Å². The van der Waals surface area contributed by atoms with Gasteiger partial charge in [0, 0.05) is 13.2 Å². The third-order valence-electron chi connectivity index (χ3n) is 7.74. The maximum absolute atomic E-state index is 12.9. The van der Waals surface area contributed by atoms with Gasteiger partial charge in [0.2, 0.25) is 5.75 Å². The maximum Gasteiger partial charge on any atom is 0.331 e. The summed E-state index contributed by atoms with van der Waals surface area (Å²) < 4.78 is 40.5. The van der Waals surface area contributed by atoms with Crippen LogP contribution in [0.2, 0.25) is 0 Å². The normalized spacial score (nSPS) is 31.7. The highest BCUT2D eigenvalue weighted by Crippen LogP contribution is 2.59. The lowest BCUT2D eigenvalue weighted by molar-refractivity contribution is -0.166. The molecular formula is C29H40O9. The van der Waals surface area contributed by atoms with Gasteiger partial charge in [0.1, 0.15) is 30.0 Å². The van der Waals surface area contributed by atoms with Gasteiger partial charge in [0.25, 0.3) is 0 Å². The van der Waals surface area contributed by atoms with Crippen LogP contribution in [0.3, 0.4) is 0 Å². The van der Waals surface area contributed by atoms with E-state index in [1.54, 1.807) is 25.3 Å². The van der Waals surface area contributed by atoms with Crippen molar-refractivity contribution in [2.24, 2.45) is 5.92 Å². The van der Waals surface area contributed by atoms with Crippen LogP contribution in [-0.4, -0.2) is 81.7 Å². The lowest BCUT2D eigenvalue weighted by Gasteiger charge is -2.42. The summed E-state index contributed by atoms with van der Waals surface area (Å²) in [6.07, 6.45) is 6.83. The number of aliphatic hydroxyl groups excluding tert-OH is 1. The summed E-state index contributed by atoms with van der Waals surface area (Å²) in [5.74, 6) is 0.733. The summed E-state index contributed by atoms with van der Waals surface area (Å²) in [4.78, 5) is 12.9. The molecule has 1 aliphatic carbocycles. The van der Waals surface area contributed by atoms with E-state index in [1.165, 1.54) is 25.9 Å². The molecule has 1 aromatic carbocycles. The number of aliphatic hydroxyl groups is 1. The van der Waals surface area contributed by atoms with E-state index in [0.717, 1.165) is 12.8 Å². The molecule has 2 saturated heterocycles. The fraction of sp³-hybridized carbons (Fsp3) is 0.621. The van der Waals surface area contributed by atoms with Crippen molar-refractivity contribution < 1.29 is 43.1 Å². The summed E-state index contributed by atoms with van der Waals surface area (Å²) >= 11 is 0. The number of esters is 1. The van der Waals surface area contributed by atoms with Crippen LogP contribution >= 0.6 is 0 Å². The van der Waals surface area contributed by atoms with Crippen molar-refractivity contribution in [3.63, 3.8) is 0 Å². The first-order chi connectivity index (χ1) is 18.2. The summed E-state index contributed by atoms with van der Waals surface area (Å²) in [5.41, 5.74) is 1.26. The average molecular weight is 533 g/mol. The summed E-state index contributed by atoms with van der Waals surface area (Å²) in [6.45, 7) is 6.92. The molecule has 3 fully saturated rings. The maximum atomic E-state index is 12.9. The topological polar surface area (TPSA) is 109 Å². The van der Waals surface area contributed by atoms with E-state index in [-0.39, 0.29) is 36.9 Å². The Labute approximate surface area is 224 Å². The highest BCUT2D eigenvalue weighted by Gasteiger charge is 2.72. The van der Waals surface area contributed by atoms with Gasteiger partial charge in [0.15, 0.2) is 11.5 Å². The molecule has 2 heterocycles. The van der Waals surface area contributed by atoms with Crippen molar-refractivity contribution >= 4 is 12.0 Å². The molecule has 0 bridgehead atoms. The highest BCUT2D eigenvalue weighted by atomic mass is 16.6. The van der Waals surface area contributed by atoms with Gasteiger partial charge < -0.3 is 38.3 Å². The number of hydrogen-bond donors (Lipinski definition) is 1. The van der Waals surface area contributed by atoms with E-state index in [0.29, 0.717) is 35.8 Å². The van der Waals surface area contributed by atoms with Gasteiger partial charge in [-0.15, -0.1) is 0 Å². The predicted molar refractivity (Wildman–Crippen MR) is 141 cm³/mol. The van der Waals surface area contributed by atoms with Gasteiger partial charge >= 0.3 is 5.97 Å². The third-order valence-corrected chi connectivity index (χ3v) is 7.74. The SMILES string of the molecule is COc1cc(/C=C/C(=O)O[C@@H]2CC[C@]3(CO3)[C@@H]([C@@]3(C)O[C@@H]3CC=C(C)C)[C@@H]2OC)cc(OC)c1OCCO. The van der Waals surface area contributed by atoms with Crippen molar-refractivity contribution in [2.75, 3.05) is 41.2 Å². The molecule has 38 heavy (non-hydrogen) atoms. The van der Waals surface area contributed by atoms with Gasteiger partial charge in [-0.05, 0) is 63.8 Å². The van der Waals surface area contributed by atoms with Crippen LogP contribution in [0.15, 0.2) is 29.9 Å². The van der Waals surface area contributed by atoms with Crippen LogP contribution in [0.1, 0.15) is 45.6 Å². The zero-order chi connectivity index (χ0) is 27.5. The first-order valence-electron chi connectivity index (χ1n) is 13.1. The lowest BCUT2D eigenvalue weighted by Crippen LogP contribution is -2.55. The Kier molecular flexibility index (Phi) is 8.72. The van der Waals surface area contributed by atoms with Crippen LogP contribution in [0, 0.1) is 5.92 Å². The first kappa shape index (κ1) is 28.4. The Morgan fingerprint density at radius 3 is 2.42 bits per heavy atom. The Morgan fingerprint density at radius 2 is 1.87 bits per heavy atom. The van der Waals surface area contributed by atoms with Gasteiger partial charge in [-0.25, -0.2) is 4.79 Å². The van der Waals surface area contributed by atoms with Gasteiger partial charge in [-0.2, -0.15) is 0 Å². The molecular weight excluding hydrogens is 492 g/mol. The number of methoxy groups -OCH3 is 3. The van der Waals surface area contributed by atoms with Crippen LogP contribution in [-0.2, 0) is 23.7 Å². The third kappa shape index (κ3) is 5.86. The minimum Gasteiger partial charge on any atom is -0.493 e. The number of carbonyl (C=O) groups excluding carboxylic acids is 1. The molecule has 9 nitrogen and oxygen atoms in total. The molecule has 1 aromatic rings. The van der Waals surface area contributed by atoms with Gasteiger partial charge in [-0.3, -0.25) is 0 Å². The van der Waals surface area contributed by atoms with Crippen LogP contribution < -0.4 is 14.2 Å². The van der Waals surface area contributed by atoms with Crippen molar-refractivity contribution in [1.29, 1.82) is 0 Å². The van der Waals surface area contributed by atoms with Crippen molar-refractivity contribution in [3.05, 3.63) is 35.4 Å². The number of benzene rings is 1. The number of rotatable bonds is 12. The standard InChI is InChI=1S/C29H40O9/c1-18(2)7-9-23-28(3,38-23)27-26(34-6)20(11-12-29(27)17-36-29)37-24(31)10-8-19-15-21(32-4)25(35-14-13-30)22(16-19)33-5/h7-8,10,15-16,20,23,26-27,30H,9,11-14,17H2,1-6H3/b10-8+/t20-,23-,26-,27-,28+,29+/m1/s1. The molecule has 9 heteroatoms. The molecule has 210 valence electrons. The second kappa shape index (κ2) is 11.7. The predicted octanol–water partition coefficient (Wildman–Crippen LogP) is 3.71. The van der Waals surface area contributed by atoms with E-state index < -0.39 is 17.7 Å². The Bertz CT molecular complexity index is 1030. The van der Waals surface area contributed by atoms with E-state index in [4.69, 9.17) is 38.3 Å². The molecule has 0 radical (unpaired) electrons. The molecule has 0 aromatic heterocycles. The molecule has 0 amide bonds. The number of epoxide rings is 2. The fourth-order valence-electron chi connectivity index (χ4n) is 5.71. The Balaban J connectivity index is 1.46. The van der Waals surface area contributed by atoms with E-state index in [2.05, 4.69) is 26.8 Å². The van der Waals surface area contributed by atoms with Crippen LogP contribution in [0.4, 0.5) is 0 Å². The van der Waals surface area contributed by atoms with Crippen molar-refractivity contribution in [3.8, 4) is 17.2 Å². The average Bonchev–Trinajstić information content (AvgIpc) is 3.82. The molecule has 1 saturated carbocycles. The number of carbonyl (C=O) groups is 1. The second-order valence-corrected chi connectivity index (χ2v) is 10.5. The Morgan fingerprint density at radius 1 is 1.18 bits per heavy atom. The van der Waals surface area contributed by atoms with Crippen LogP contribution in [0.25, 0.3) is 6.08 Å². The zero-order valence-electron chi connectivity index (χ0n) is 23.2. The monoisotopic (exact) mass is 532 g/mol. The number of hydrogen-bond acceptors (Lipinski definition) is 9.